The average Bonchev–Trinajstić information content (AvgIpc) is 2.70. The van der Waals surface area contributed by atoms with E-state index in [0.717, 1.165) is 0 Å². The van der Waals surface area contributed by atoms with Gasteiger partial charge in [-0.25, -0.2) is 4.79 Å². The topological polar surface area (TPSA) is 76.4 Å². The lowest BCUT2D eigenvalue weighted by Crippen LogP contribution is -2.37. The van der Waals surface area contributed by atoms with Crippen LogP contribution in [0.5, 0.6) is 5.75 Å². The highest BCUT2D eigenvalue weighted by molar-refractivity contribution is 5.97. The Morgan fingerprint density at radius 1 is 1.08 bits per heavy atom. The van der Waals surface area contributed by atoms with E-state index in [4.69, 9.17) is 9.47 Å². The summed E-state index contributed by atoms with van der Waals surface area (Å²) in [6.45, 7) is 1.84. The molecule has 0 radical (unpaired) electrons. The second kappa shape index (κ2) is 8.82. The van der Waals surface area contributed by atoms with E-state index in [1.165, 1.54) is 7.11 Å². The van der Waals surface area contributed by atoms with E-state index in [2.05, 4.69) is 6.07 Å². The molecule has 2 rings (SSSR count). The standard InChI is InChI=1S/C21H21NO4/c1-3-26-20(24)21(15-22,17-9-11-18(25-2)12-10-17)14-13-19(23)16-7-5-4-6-8-16/h4-12H,3,13-14H2,1-2H3/t21-/m1/s1. The first-order chi connectivity index (χ1) is 12.6. The van der Waals surface area contributed by atoms with Gasteiger partial charge in [-0.3, -0.25) is 4.79 Å². The largest absolute Gasteiger partial charge is 0.497 e. The van der Waals surface area contributed by atoms with E-state index in [9.17, 15) is 14.9 Å². The molecule has 0 N–H and O–H groups in total. The van der Waals surface area contributed by atoms with Crippen molar-refractivity contribution in [2.45, 2.75) is 25.2 Å². The molecule has 0 saturated heterocycles. The lowest BCUT2D eigenvalue weighted by Gasteiger charge is -2.25. The Morgan fingerprint density at radius 3 is 2.27 bits per heavy atom. The maximum Gasteiger partial charge on any atom is 0.331 e. The fourth-order valence-corrected chi connectivity index (χ4v) is 2.73. The second-order valence-electron chi connectivity index (χ2n) is 5.76. The van der Waals surface area contributed by atoms with Gasteiger partial charge in [0.25, 0.3) is 0 Å². The van der Waals surface area contributed by atoms with Crippen LogP contribution >= 0.6 is 0 Å². The summed E-state index contributed by atoms with van der Waals surface area (Å²) in [5, 5.41) is 9.84. The molecule has 0 heterocycles. The predicted molar refractivity (Wildman–Crippen MR) is 96.9 cm³/mol. The molecule has 2 aromatic rings. The molecule has 5 heteroatoms. The number of nitrogens with zero attached hydrogens (tertiary/aromatic N) is 1. The Balaban J connectivity index is 2.32. The van der Waals surface area contributed by atoms with Crippen molar-refractivity contribution in [2.24, 2.45) is 0 Å². The van der Waals surface area contributed by atoms with Crippen LogP contribution in [0.1, 0.15) is 35.7 Å². The number of ether oxygens (including phenoxy) is 2. The zero-order chi connectivity index (χ0) is 19.0. The molecular weight excluding hydrogens is 330 g/mol. The molecule has 0 fully saturated rings. The van der Waals surface area contributed by atoms with Crippen molar-refractivity contribution in [1.82, 2.24) is 0 Å². The van der Waals surface area contributed by atoms with Crippen molar-refractivity contribution in [3.8, 4) is 11.8 Å². The van der Waals surface area contributed by atoms with Crippen molar-refractivity contribution in [1.29, 1.82) is 5.26 Å². The second-order valence-corrected chi connectivity index (χ2v) is 5.76. The molecule has 0 bridgehead atoms. The van der Waals surface area contributed by atoms with Crippen molar-refractivity contribution in [3.63, 3.8) is 0 Å². The van der Waals surface area contributed by atoms with Crippen LogP contribution in [0.15, 0.2) is 54.6 Å². The average molecular weight is 351 g/mol. The lowest BCUT2D eigenvalue weighted by molar-refractivity contribution is -0.148. The smallest absolute Gasteiger partial charge is 0.331 e. The number of carbonyl (C=O) groups excluding carboxylic acids is 2. The third-order valence-electron chi connectivity index (χ3n) is 4.22. The van der Waals surface area contributed by atoms with E-state index in [1.54, 1.807) is 55.5 Å². The molecule has 134 valence electrons. The van der Waals surface area contributed by atoms with Gasteiger partial charge in [0.1, 0.15) is 5.75 Å². The van der Waals surface area contributed by atoms with Crippen LogP contribution in [-0.2, 0) is 14.9 Å². The van der Waals surface area contributed by atoms with Gasteiger partial charge in [-0.05, 0) is 31.0 Å². The Bertz CT molecular complexity index is 793. The van der Waals surface area contributed by atoms with E-state index in [1.807, 2.05) is 6.07 Å². The molecular formula is C21H21NO4. The van der Waals surface area contributed by atoms with Gasteiger partial charge in [0, 0.05) is 12.0 Å². The highest BCUT2D eigenvalue weighted by Crippen LogP contribution is 2.32. The van der Waals surface area contributed by atoms with Gasteiger partial charge >= 0.3 is 5.97 Å². The summed E-state index contributed by atoms with van der Waals surface area (Å²) in [7, 11) is 1.54. The monoisotopic (exact) mass is 351 g/mol. The molecule has 0 saturated carbocycles. The van der Waals surface area contributed by atoms with Crippen LogP contribution in [0.3, 0.4) is 0 Å². The lowest BCUT2D eigenvalue weighted by atomic mass is 9.77. The summed E-state index contributed by atoms with van der Waals surface area (Å²) in [6, 6.07) is 17.6. The molecule has 5 nitrogen and oxygen atoms in total. The maximum absolute atomic E-state index is 12.6. The number of carbonyl (C=O) groups is 2. The van der Waals surface area contributed by atoms with Gasteiger partial charge in [0.15, 0.2) is 11.2 Å². The summed E-state index contributed by atoms with van der Waals surface area (Å²) in [5.41, 5.74) is -0.495. The normalized spacial score (nSPS) is 12.5. The zero-order valence-electron chi connectivity index (χ0n) is 14.9. The Hall–Kier alpha value is -3.13. The summed E-state index contributed by atoms with van der Waals surface area (Å²) >= 11 is 0. The number of methoxy groups -OCH3 is 1. The number of rotatable bonds is 8. The molecule has 0 aromatic heterocycles. The summed E-state index contributed by atoms with van der Waals surface area (Å²) in [5.74, 6) is -0.152. The molecule has 0 aliphatic rings. The number of nitriles is 1. The zero-order valence-corrected chi connectivity index (χ0v) is 14.9. The highest BCUT2D eigenvalue weighted by atomic mass is 16.5. The summed E-state index contributed by atoms with van der Waals surface area (Å²) < 4.78 is 10.3. The van der Waals surface area contributed by atoms with Gasteiger partial charge in [-0.15, -0.1) is 0 Å². The molecule has 1 atom stereocenters. The number of hydrogen-bond acceptors (Lipinski definition) is 5. The first-order valence-corrected chi connectivity index (χ1v) is 8.38. The fourth-order valence-electron chi connectivity index (χ4n) is 2.73. The van der Waals surface area contributed by atoms with Crippen LogP contribution in [0.2, 0.25) is 0 Å². The van der Waals surface area contributed by atoms with Gasteiger partial charge in [-0.1, -0.05) is 42.5 Å². The molecule has 0 amide bonds. The Labute approximate surface area is 153 Å². The maximum atomic E-state index is 12.6. The quantitative estimate of drug-likeness (QED) is 0.535. The molecule has 0 aliphatic carbocycles. The number of esters is 1. The minimum absolute atomic E-state index is 0.0440. The molecule has 2 aromatic carbocycles. The summed E-state index contributed by atoms with van der Waals surface area (Å²) in [4.78, 5) is 25.1. The van der Waals surface area contributed by atoms with Crippen LogP contribution in [-0.4, -0.2) is 25.5 Å². The van der Waals surface area contributed by atoms with Crippen molar-refractivity contribution in [2.75, 3.05) is 13.7 Å². The number of hydrogen-bond donors (Lipinski definition) is 0. The van der Waals surface area contributed by atoms with Gasteiger partial charge in [0.05, 0.1) is 19.8 Å². The fraction of sp³-hybridized carbons (Fsp3) is 0.286. The predicted octanol–water partition coefficient (Wildman–Crippen LogP) is 3.68. The molecule has 0 spiro atoms. The number of ketones is 1. The SMILES string of the molecule is CCOC(=O)[C@@](C#N)(CCC(=O)c1ccccc1)c1ccc(OC)cc1. The minimum Gasteiger partial charge on any atom is -0.497 e. The third-order valence-corrected chi connectivity index (χ3v) is 4.22. The molecule has 0 aliphatic heterocycles. The van der Waals surface area contributed by atoms with Gasteiger partial charge < -0.3 is 9.47 Å². The Morgan fingerprint density at radius 2 is 1.73 bits per heavy atom. The van der Waals surface area contributed by atoms with Crippen LogP contribution < -0.4 is 4.74 Å². The Kier molecular flexibility index (Phi) is 6.51. The van der Waals surface area contributed by atoms with E-state index < -0.39 is 11.4 Å². The van der Waals surface area contributed by atoms with E-state index in [0.29, 0.717) is 16.9 Å². The van der Waals surface area contributed by atoms with Crippen LogP contribution in [0, 0.1) is 11.3 Å². The van der Waals surface area contributed by atoms with Crippen molar-refractivity contribution >= 4 is 11.8 Å². The number of Topliss-reactive ketones (excluding diaryl/α,β-unsaturated/α-hetero) is 1. The summed E-state index contributed by atoms with van der Waals surface area (Å²) in [6.07, 6.45) is 0.102. The molecule has 0 unspecified atom stereocenters. The third kappa shape index (κ3) is 4.09. The van der Waals surface area contributed by atoms with E-state index in [-0.39, 0.29) is 25.2 Å². The minimum atomic E-state index is -1.53. The first kappa shape index (κ1) is 19.2. The van der Waals surface area contributed by atoms with Crippen molar-refractivity contribution < 1.29 is 19.1 Å². The first-order valence-electron chi connectivity index (χ1n) is 8.38. The van der Waals surface area contributed by atoms with Crippen LogP contribution in [0.4, 0.5) is 0 Å². The molecule has 26 heavy (non-hydrogen) atoms. The van der Waals surface area contributed by atoms with Crippen molar-refractivity contribution in [3.05, 3.63) is 65.7 Å². The highest BCUT2D eigenvalue weighted by Gasteiger charge is 2.42. The van der Waals surface area contributed by atoms with Crippen LogP contribution in [0.25, 0.3) is 0 Å². The van der Waals surface area contributed by atoms with Gasteiger partial charge in [-0.2, -0.15) is 5.26 Å². The van der Waals surface area contributed by atoms with E-state index >= 15 is 0 Å². The number of benzene rings is 2. The van der Waals surface area contributed by atoms with Gasteiger partial charge in [0.2, 0.25) is 0 Å².